The van der Waals surface area contributed by atoms with Crippen LogP contribution in [0.3, 0.4) is 0 Å². The van der Waals surface area contributed by atoms with Gasteiger partial charge in [-0.15, -0.1) is 0 Å². The molecule has 1 aromatic heterocycles. The van der Waals surface area contributed by atoms with Crippen LogP contribution in [-0.4, -0.2) is 23.9 Å². The summed E-state index contributed by atoms with van der Waals surface area (Å²) >= 11 is 0. The van der Waals surface area contributed by atoms with Crippen LogP contribution in [0.1, 0.15) is 28.7 Å². The van der Waals surface area contributed by atoms with Gasteiger partial charge in [-0.3, -0.25) is 14.5 Å². The summed E-state index contributed by atoms with van der Waals surface area (Å²) in [6, 6.07) is 13.0. The third-order valence-electron chi connectivity index (χ3n) is 5.26. The van der Waals surface area contributed by atoms with E-state index in [1.165, 1.54) is 30.2 Å². The number of carbonyl (C=O) groups excluding carboxylic acids is 2. The molecule has 0 saturated carbocycles. The van der Waals surface area contributed by atoms with E-state index in [1.807, 2.05) is 0 Å². The maximum absolute atomic E-state index is 13.7. The minimum absolute atomic E-state index is 0.124. The number of halogens is 1. The van der Waals surface area contributed by atoms with E-state index in [-0.39, 0.29) is 11.1 Å². The zero-order valence-electron chi connectivity index (χ0n) is 17.2. The molecule has 1 aliphatic heterocycles. The van der Waals surface area contributed by atoms with E-state index >= 15 is 0 Å². The monoisotopic (exact) mass is 421 g/mol. The topological polar surface area (TPSA) is 80.0 Å². The fraction of sp³-hybridized carbons (Fsp3) is 0.167. The van der Waals surface area contributed by atoms with Crippen LogP contribution in [0.4, 0.5) is 10.1 Å². The molecule has 6 nitrogen and oxygen atoms in total. The lowest BCUT2D eigenvalue weighted by atomic mass is 9.98. The van der Waals surface area contributed by atoms with Crippen molar-refractivity contribution in [2.45, 2.75) is 19.9 Å². The molecule has 1 fully saturated rings. The molecule has 1 saturated heterocycles. The average molecular weight is 421 g/mol. The van der Waals surface area contributed by atoms with Crippen molar-refractivity contribution >= 4 is 23.1 Å². The summed E-state index contributed by atoms with van der Waals surface area (Å²) < 4.78 is 24.6. The molecule has 2 heterocycles. The summed E-state index contributed by atoms with van der Waals surface area (Å²) in [5, 5.41) is 11.0. The van der Waals surface area contributed by atoms with Crippen LogP contribution in [0.25, 0.3) is 5.76 Å². The first kappa shape index (κ1) is 20.4. The largest absolute Gasteiger partial charge is 0.507 e. The van der Waals surface area contributed by atoms with Crippen molar-refractivity contribution in [1.29, 1.82) is 0 Å². The maximum Gasteiger partial charge on any atom is 0.300 e. The molecule has 1 N–H and O–H groups in total. The number of nitrogens with zero attached hydrogens (tertiary/aromatic N) is 1. The molecule has 1 unspecified atom stereocenters. The van der Waals surface area contributed by atoms with Crippen LogP contribution < -0.4 is 9.64 Å². The number of furan rings is 1. The number of hydrogen-bond donors (Lipinski definition) is 1. The fourth-order valence-electron chi connectivity index (χ4n) is 3.66. The number of Topliss-reactive ketones (excluding diaryl/α,β-unsaturated/α-hetero) is 1. The molecule has 1 amide bonds. The predicted molar refractivity (Wildman–Crippen MR) is 112 cm³/mol. The van der Waals surface area contributed by atoms with E-state index in [0.717, 1.165) is 0 Å². The quantitative estimate of drug-likeness (QED) is 0.376. The number of aliphatic hydroxyl groups is 1. The minimum Gasteiger partial charge on any atom is -0.507 e. The second-order valence-electron chi connectivity index (χ2n) is 7.28. The Morgan fingerprint density at radius 3 is 2.35 bits per heavy atom. The third-order valence-corrected chi connectivity index (χ3v) is 5.26. The lowest BCUT2D eigenvalue weighted by Crippen LogP contribution is -2.29. The number of ether oxygens (including phenoxy) is 1. The molecule has 4 rings (SSSR count). The van der Waals surface area contributed by atoms with Crippen molar-refractivity contribution < 1.29 is 28.2 Å². The Kier molecular flexibility index (Phi) is 5.10. The molecule has 158 valence electrons. The van der Waals surface area contributed by atoms with Crippen LogP contribution in [0.15, 0.2) is 64.6 Å². The second kappa shape index (κ2) is 7.75. The van der Waals surface area contributed by atoms with Crippen molar-refractivity contribution in [2.75, 3.05) is 12.0 Å². The van der Waals surface area contributed by atoms with Gasteiger partial charge in [-0.1, -0.05) is 0 Å². The Hall–Kier alpha value is -3.87. The first-order valence-electron chi connectivity index (χ1n) is 9.59. The number of amides is 1. The zero-order valence-corrected chi connectivity index (χ0v) is 17.2. The molecule has 0 spiro atoms. The Balaban J connectivity index is 1.91. The van der Waals surface area contributed by atoms with Gasteiger partial charge in [-0.05, 0) is 74.0 Å². The zero-order chi connectivity index (χ0) is 22.3. The average Bonchev–Trinajstić information content (AvgIpc) is 3.30. The molecular weight excluding hydrogens is 401 g/mol. The normalized spacial score (nSPS) is 17.9. The summed E-state index contributed by atoms with van der Waals surface area (Å²) in [6.45, 7) is 3.29. The fourth-order valence-corrected chi connectivity index (χ4v) is 3.66. The van der Waals surface area contributed by atoms with E-state index in [4.69, 9.17) is 9.15 Å². The SMILES string of the molecule is COc1ccc(N2C(=O)C(=O)/C(=C(\O)c3ccc(F)c(C)c3)C2c2ccc(C)o2)cc1. The van der Waals surface area contributed by atoms with Gasteiger partial charge in [0.2, 0.25) is 0 Å². The number of rotatable bonds is 4. The Morgan fingerprint density at radius 1 is 1.06 bits per heavy atom. The van der Waals surface area contributed by atoms with Gasteiger partial charge < -0.3 is 14.3 Å². The number of aryl methyl sites for hydroxylation is 2. The predicted octanol–water partition coefficient (Wildman–Crippen LogP) is 4.67. The van der Waals surface area contributed by atoms with Crippen molar-refractivity contribution in [3.05, 3.63) is 88.6 Å². The summed E-state index contributed by atoms with van der Waals surface area (Å²) in [6.07, 6.45) is 0. The van der Waals surface area contributed by atoms with E-state index in [2.05, 4.69) is 0 Å². The second-order valence-corrected chi connectivity index (χ2v) is 7.28. The number of methoxy groups -OCH3 is 1. The van der Waals surface area contributed by atoms with Crippen molar-refractivity contribution in [3.8, 4) is 5.75 Å². The van der Waals surface area contributed by atoms with Crippen LogP contribution in [0, 0.1) is 19.7 Å². The number of aliphatic hydroxyl groups excluding tert-OH is 1. The highest BCUT2D eigenvalue weighted by Crippen LogP contribution is 2.43. The molecule has 1 atom stereocenters. The summed E-state index contributed by atoms with van der Waals surface area (Å²) in [5.41, 5.74) is 0.858. The first-order chi connectivity index (χ1) is 14.8. The highest BCUT2D eigenvalue weighted by atomic mass is 19.1. The van der Waals surface area contributed by atoms with Gasteiger partial charge in [-0.2, -0.15) is 0 Å². The molecule has 1 aliphatic rings. The van der Waals surface area contributed by atoms with E-state index in [9.17, 15) is 19.1 Å². The lowest BCUT2D eigenvalue weighted by Gasteiger charge is -2.23. The van der Waals surface area contributed by atoms with Crippen LogP contribution in [0.2, 0.25) is 0 Å². The summed E-state index contributed by atoms with van der Waals surface area (Å²) in [7, 11) is 1.53. The van der Waals surface area contributed by atoms with Gasteiger partial charge in [-0.25, -0.2) is 4.39 Å². The Morgan fingerprint density at radius 2 is 1.77 bits per heavy atom. The Labute approximate surface area is 178 Å². The van der Waals surface area contributed by atoms with Gasteiger partial charge in [0.05, 0.1) is 12.7 Å². The van der Waals surface area contributed by atoms with Crippen LogP contribution in [-0.2, 0) is 9.59 Å². The number of carbonyl (C=O) groups is 2. The van der Waals surface area contributed by atoms with Gasteiger partial charge in [0, 0.05) is 11.3 Å². The van der Waals surface area contributed by atoms with E-state index in [1.54, 1.807) is 50.2 Å². The molecule has 0 aliphatic carbocycles. The van der Waals surface area contributed by atoms with Gasteiger partial charge in [0.25, 0.3) is 11.7 Å². The lowest BCUT2D eigenvalue weighted by molar-refractivity contribution is -0.132. The standard InChI is InChI=1S/C24H20FNO5/c1-13-12-15(5-10-18(13)25)22(27)20-21(19-11-4-14(2)31-19)26(24(29)23(20)28)16-6-8-17(30-3)9-7-16/h4-12,21,27H,1-3H3/b22-20-. The van der Waals surface area contributed by atoms with Crippen molar-refractivity contribution in [1.82, 2.24) is 0 Å². The highest BCUT2D eigenvalue weighted by molar-refractivity contribution is 6.51. The number of benzene rings is 2. The van der Waals surface area contributed by atoms with E-state index < -0.39 is 29.3 Å². The number of ketones is 1. The third kappa shape index (κ3) is 3.48. The highest BCUT2D eigenvalue weighted by Gasteiger charge is 2.48. The molecular formula is C24H20FNO5. The molecule has 7 heteroatoms. The molecule has 0 bridgehead atoms. The molecule has 0 radical (unpaired) electrons. The van der Waals surface area contributed by atoms with Crippen molar-refractivity contribution in [2.24, 2.45) is 0 Å². The Bertz CT molecular complexity index is 1210. The summed E-state index contributed by atoms with van der Waals surface area (Å²) in [5.74, 6) is -0.975. The maximum atomic E-state index is 13.7. The molecule has 31 heavy (non-hydrogen) atoms. The van der Waals surface area contributed by atoms with Gasteiger partial charge >= 0.3 is 0 Å². The number of anilines is 1. The smallest absolute Gasteiger partial charge is 0.300 e. The van der Waals surface area contributed by atoms with Gasteiger partial charge in [0.1, 0.15) is 34.9 Å². The minimum atomic E-state index is -0.979. The van der Waals surface area contributed by atoms with Crippen molar-refractivity contribution in [3.63, 3.8) is 0 Å². The molecule has 3 aromatic rings. The summed E-state index contributed by atoms with van der Waals surface area (Å²) in [4.78, 5) is 27.3. The van der Waals surface area contributed by atoms with E-state index in [0.29, 0.717) is 28.5 Å². The number of hydrogen-bond acceptors (Lipinski definition) is 5. The molecule has 2 aromatic carbocycles. The first-order valence-corrected chi connectivity index (χ1v) is 9.59. The van der Waals surface area contributed by atoms with Gasteiger partial charge in [0.15, 0.2) is 0 Å². The van der Waals surface area contributed by atoms with Crippen LogP contribution >= 0.6 is 0 Å². The van der Waals surface area contributed by atoms with Crippen LogP contribution in [0.5, 0.6) is 5.75 Å².